The summed E-state index contributed by atoms with van der Waals surface area (Å²) in [5.41, 5.74) is 10.4. The van der Waals surface area contributed by atoms with Crippen LogP contribution in [-0.4, -0.2) is 64.4 Å². The molecule has 1 aliphatic heterocycles. The lowest BCUT2D eigenvalue weighted by Gasteiger charge is -2.23. The first-order chi connectivity index (χ1) is 16.9. The van der Waals surface area contributed by atoms with Crippen molar-refractivity contribution < 1.29 is 15.0 Å². The maximum Gasteiger partial charge on any atom is 0.323 e. The number of amidine groups is 1. The molecular formula is C25H32ClN5O3S. The number of phenolic OH excluding ortho intramolecular Hbond substituents is 1. The molecule has 6 N–H and O–H groups in total. The molecule has 188 valence electrons. The molecule has 1 aliphatic rings. The van der Waals surface area contributed by atoms with Crippen molar-refractivity contribution in [1.82, 2.24) is 10.2 Å². The number of thioether (sulfide) groups is 1. The first-order valence-corrected chi connectivity index (χ1v) is 12.6. The molecule has 1 fully saturated rings. The highest BCUT2D eigenvalue weighted by molar-refractivity contribution is 8.00. The average molecular weight is 518 g/mol. The van der Waals surface area contributed by atoms with Crippen LogP contribution in [0.1, 0.15) is 24.5 Å². The number of aliphatic imine (C=N–C) groups is 1. The lowest BCUT2D eigenvalue weighted by Crippen LogP contribution is -2.45. The van der Waals surface area contributed by atoms with E-state index in [2.05, 4.69) is 5.32 Å². The minimum absolute atomic E-state index is 0.0530. The highest BCUT2D eigenvalue weighted by atomic mass is 35.5. The number of rotatable bonds is 6. The lowest BCUT2D eigenvalue weighted by molar-refractivity contribution is 0.223. The van der Waals surface area contributed by atoms with Gasteiger partial charge in [0.2, 0.25) is 0 Å². The van der Waals surface area contributed by atoms with E-state index in [4.69, 9.17) is 32.8 Å². The van der Waals surface area contributed by atoms with Gasteiger partial charge < -0.3 is 21.3 Å². The summed E-state index contributed by atoms with van der Waals surface area (Å²) in [7, 11) is 1.00. The molecule has 10 heteroatoms. The number of hydrogen-bond acceptors (Lipinski definition) is 7. The molecular weight excluding hydrogens is 486 g/mol. The van der Waals surface area contributed by atoms with E-state index < -0.39 is 6.03 Å². The second kappa shape index (κ2) is 14.4. The molecule has 0 atom stereocenters. The van der Waals surface area contributed by atoms with E-state index in [9.17, 15) is 9.90 Å². The van der Waals surface area contributed by atoms with Crippen molar-refractivity contribution in [2.24, 2.45) is 10.7 Å². The van der Waals surface area contributed by atoms with E-state index in [1.165, 1.54) is 17.0 Å². The quantitative estimate of drug-likeness (QED) is 0.291. The third kappa shape index (κ3) is 8.02. The zero-order chi connectivity index (χ0) is 25.8. The average Bonchev–Trinajstić information content (AvgIpc) is 2.89. The van der Waals surface area contributed by atoms with Gasteiger partial charge in [-0.25, -0.2) is 4.79 Å². The summed E-state index contributed by atoms with van der Waals surface area (Å²) < 4.78 is 0. The van der Waals surface area contributed by atoms with Gasteiger partial charge in [-0.1, -0.05) is 29.8 Å². The van der Waals surface area contributed by atoms with Crippen LogP contribution in [0.15, 0.2) is 64.8 Å². The standard InChI is InChI=1S/C24H28ClN5O2S.CH4O/c1-2-30(23(27)16-7-9-18(31)10-8-16)24(32)29-14-21(26)19-11-12-33-15-22(19)28-13-17-5-3-4-6-20(17)25;1-2/h3-10,27,31H,2,11-15,26H2,1H3,(H,29,32);2H,1H3/b21-19-,27-23?,28-22?;. The Hall–Kier alpha value is -3.01. The van der Waals surface area contributed by atoms with E-state index in [0.717, 1.165) is 41.9 Å². The maximum absolute atomic E-state index is 12.8. The zero-order valence-corrected chi connectivity index (χ0v) is 21.5. The Labute approximate surface area is 215 Å². The number of allylic oxidation sites excluding steroid dienone is 1. The Bertz CT molecular complexity index is 1070. The second-order valence-corrected chi connectivity index (χ2v) is 8.97. The predicted molar refractivity (Wildman–Crippen MR) is 145 cm³/mol. The Morgan fingerprint density at radius 1 is 1.23 bits per heavy atom. The summed E-state index contributed by atoms with van der Waals surface area (Å²) in [5, 5.41) is 28.3. The smallest absolute Gasteiger partial charge is 0.323 e. The summed E-state index contributed by atoms with van der Waals surface area (Å²) in [6, 6.07) is 13.4. The first kappa shape index (κ1) is 28.2. The highest BCUT2D eigenvalue weighted by Crippen LogP contribution is 2.23. The SMILES string of the molecule is CCN(C(=N)c1ccc(O)cc1)C(=O)NC/C(N)=C1\CCSCC1=NCc1ccccc1Cl.CO. The van der Waals surface area contributed by atoms with E-state index in [1.807, 2.05) is 24.3 Å². The third-order valence-corrected chi connectivity index (χ3v) is 6.61. The van der Waals surface area contributed by atoms with Gasteiger partial charge in [0.15, 0.2) is 0 Å². The number of halogens is 1. The van der Waals surface area contributed by atoms with Crippen molar-refractivity contribution in [2.75, 3.05) is 31.7 Å². The summed E-state index contributed by atoms with van der Waals surface area (Å²) in [6.45, 7) is 2.77. The fraction of sp³-hybridized carbons (Fsp3) is 0.320. The van der Waals surface area contributed by atoms with Gasteiger partial charge in [-0.05, 0) is 60.6 Å². The van der Waals surface area contributed by atoms with Crippen molar-refractivity contribution in [3.05, 3.63) is 76.0 Å². The molecule has 2 amide bonds. The number of phenols is 1. The molecule has 1 saturated heterocycles. The van der Waals surface area contributed by atoms with Crippen molar-refractivity contribution in [1.29, 1.82) is 5.41 Å². The molecule has 0 radical (unpaired) electrons. The molecule has 0 spiro atoms. The van der Waals surface area contributed by atoms with Crippen molar-refractivity contribution in [3.8, 4) is 5.75 Å². The summed E-state index contributed by atoms with van der Waals surface area (Å²) >= 11 is 8.06. The number of carbonyl (C=O) groups is 1. The number of benzene rings is 2. The predicted octanol–water partition coefficient (Wildman–Crippen LogP) is 4.00. The van der Waals surface area contributed by atoms with Crippen LogP contribution in [0.25, 0.3) is 0 Å². The normalized spacial score (nSPS) is 15.6. The number of urea groups is 1. The van der Waals surface area contributed by atoms with Crippen LogP contribution >= 0.6 is 23.4 Å². The second-order valence-electron chi connectivity index (χ2n) is 7.46. The number of hydrogen-bond donors (Lipinski definition) is 5. The molecule has 0 bridgehead atoms. The largest absolute Gasteiger partial charge is 0.508 e. The van der Waals surface area contributed by atoms with Gasteiger partial charge in [-0.2, -0.15) is 11.8 Å². The third-order valence-electron chi connectivity index (χ3n) is 5.27. The van der Waals surface area contributed by atoms with Gasteiger partial charge in [0, 0.05) is 35.7 Å². The summed E-state index contributed by atoms with van der Waals surface area (Å²) in [4.78, 5) is 18.9. The molecule has 0 saturated carbocycles. The molecule has 1 heterocycles. The topological polar surface area (TPSA) is 135 Å². The van der Waals surface area contributed by atoms with Gasteiger partial charge in [0.05, 0.1) is 18.8 Å². The summed E-state index contributed by atoms with van der Waals surface area (Å²) in [5.74, 6) is 1.87. The minimum Gasteiger partial charge on any atom is -0.508 e. The van der Waals surface area contributed by atoms with Gasteiger partial charge >= 0.3 is 6.03 Å². The van der Waals surface area contributed by atoms with Crippen LogP contribution in [0.5, 0.6) is 5.75 Å². The van der Waals surface area contributed by atoms with Gasteiger partial charge in [-0.3, -0.25) is 15.3 Å². The van der Waals surface area contributed by atoms with Crippen LogP contribution in [-0.2, 0) is 6.54 Å². The number of aliphatic hydroxyl groups excluding tert-OH is 1. The Morgan fingerprint density at radius 2 is 1.91 bits per heavy atom. The number of carbonyl (C=O) groups excluding carboxylic acids is 1. The van der Waals surface area contributed by atoms with Crippen LogP contribution in [0.3, 0.4) is 0 Å². The van der Waals surface area contributed by atoms with E-state index in [0.29, 0.717) is 29.4 Å². The van der Waals surface area contributed by atoms with Crippen LogP contribution in [0, 0.1) is 5.41 Å². The zero-order valence-electron chi connectivity index (χ0n) is 19.9. The molecule has 0 aliphatic carbocycles. The van der Waals surface area contributed by atoms with Crippen LogP contribution < -0.4 is 11.1 Å². The van der Waals surface area contributed by atoms with E-state index >= 15 is 0 Å². The van der Waals surface area contributed by atoms with Crippen LogP contribution in [0.4, 0.5) is 4.79 Å². The number of aliphatic hydroxyl groups is 1. The van der Waals surface area contributed by atoms with E-state index in [1.54, 1.807) is 30.8 Å². The molecule has 35 heavy (non-hydrogen) atoms. The molecule has 0 unspecified atom stereocenters. The number of amides is 2. The lowest BCUT2D eigenvalue weighted by atomic mass is 10.1. The van der Waals surface area contributed by atoms with Crippen LogP contribution in [0.2, 0.25) is 5.02 Å². The van der Waals surface area contributed by atoms with E-state index in [-0.39, 0.29) is 18.1 Å². The Kier molecular flexibility index (Phi) is 11.6. The number of nitrogens with two attached hydrogens (primary N) is 1. The number of nitrogens with one attached hydrogen (secondary N) is 2. The van der Waals surface area contributed by atoms with Gasteiger partial charge in [0.25, 0.3) is 0 Å². The van der Waals surface area contributed by atoms with Gasteiger partial charge in [-0.15, -0.1) is 0 Å². The highest BCUT2D eigenvalue weighted by Gasteiger charge is 2.20. The fourth-order valence-corrected chi connectivity index (χ4v) is 4.57. The molecule has 2 aromatic rings. The van der Waals surface area contributed by atoms with Crippen molar-refractivity contribution in [2.45, 2.75) is 19.9 Å². The van der Waals surface area contributed by atoms with Crippen molar-refractivity contribution in [3.63, 3.8) is 0 Å². The van der Waals surface area contributed by atoms with Gasteiger partial charge in [0.1, 0.15) is 11.6 Å². The minimum atomic E-state index is -0.404. The molecule has 8 nitrogen and oxygen atoms in total. The monoisotopic (exact) mass is 517 g/mol. The molecule has 3 rings (SSSR count). The summed E-state index contributed by atoms with van der Waals surface area (Å²) in [6.07, 6.45) is 0.786. The van der Waals surface area contributed by atoms with Crippen molar-refractivity contribution >= 4 is 40.9 Å². The fourth-order valence-electron chi connectivity index (χ4n) is 3.42. The maximum atomic E-state index is 12.8. The Balaban J connectivity index is 0.00000210. The molecule has 2 aromatic carbocycles. The number of nitrogens with zero attached hydrogens (tertiary/aromatic N) is 2. The Morgan fingerprint density at radius 3 is 2.57 bits per heavy atom. The molecule has 0 aromatic heterocycles. The first-order valence-electron chi connectivity index (χ1n) is 11.1. The number of aromatic hydroxyl groups is 1.